The molecule has 2 rings (SSSR count). The molecule has 0 aliphatic rings. The van der Waals surface area contributed by atoms with Crippen molar-refractivity contribution < 1.29 is 0 Å². The molecule has 1 unspecified atom stereocenters. The van der Waals surface area contributed by atoms with Crippen molar-refractivity contribution in [3.63, 3.8) is 0 Å². The van der Waals surface area contributed by atoms with E-state index in [1.807, 2.05) is 20.3 Å². The van der Waals surface area contributed by atoms with E-state index in [2.05, 4.69) is 25.2 Å². The first-order valence-corrected chi connectivity index (χ1v) is 5.36. The Morgan fingerprint density at radius 1 is 1.60 bits per heavy atom. The van der Waals surface area contributed by atoms with Crippen LogP contribution in [0.3, 0.4) is 0 Å². The van der Waals surface area contributed by atoms with Crippen molar-refractivity contribution >= 4 is 11.5 Å². The molecule has 0 saturated carbocycles. The first kappa shape index (κ1) is 10.2. The molecular formula is C8H12N6S. The first-order chi connectivity index (χ1) is 7.29. The van der Waals surface area contributed by atoms with Crippen LogP contribution in [0.4, 0.5) is 0 Å². The zero-order chi connectivity index (χ0) is 10.7. The van der Waals surface area contributed by atoms with Crippen LogP contribution in [0.5, 0.6) is 0 Å². The van der Waals surface area contributed by atoms with E-state index in [9.17, 15) is 0 Å². The van der Waals surface area contributed by atoms with Crippen molar-refractivity contribution in [3.05, 3.63) is 23.0 Å². The van der Waals surface area contributed by atoms with E-state index in [4.69, 9.17) is 0 Å². The smallest absolute Gasteiger partial charge is 0.0846 e. The average molecular weight is 224 g/mol. The molecule has 6 nitrogen and oxygen atoms in total. The topological polar surface area (TPSA) is 68.5 Å². The van der Waals surface area contributed by atoms with Gasteiger partial charge in [0.1, 0.15) is 0 Å². The van der Waals surface area contributed by atoms with Gasteiger partial charge in [0, 0.05) is 19.7 Å². The van der Waals surface area contributed by atoms with E-state index >= 15 is 0 Å². The monoisotopic (exact) mass is 224 g/mol. The van der Waals surface area contributed by atoms with Crippen molar-refractivity contribution in [3.8, 4) is 0 Å². The van der Waals surface area contributed by atoms with Crippen molar-refractivity contribution in [2.24, 2.45) is 7.05 Å². The molecule has 0 bridgehead atoms. The Hall–Kier alpha value is -1.34. The fraction of sp³-hybridized carbons (Fsp3) is 0.500. The van der Waals surface area contributed by atoms with Crippen LogP contribution in [0.1, 0.15) is 16.6 Å². The summed E-state index contributed by atoms with van der Waals surface area (Å²) in [4.78, 5) is 1.11. The predicted molar refractivity (Wildman–Crippen MR) is 56.4 cm³/mol. The molecule has 2 heterocycles. The Kier molecular flexibility index (Phi) is 3.02. The van der Waals surface area contributed by atoms with Gasteiger partial charge in [-0.2, -0.15) is 0 Å². The number of aryl methyl sites for hydroxylation is 1. The maximum Gasteiger partial charge on any atom is 0.0846 e. The SMILES string of the molecule is CNC(Cc1cn(C)nn1)c1cnns1. The lowest BCUT2D eigenvalue weighted by atomic mass is 10.1. The fourth-order valence-corrected chi connectivity index (χ4v) is 1.98. The summed E-state index contributed by atoms with van der Waals surface area (Å²) in [5, 5.41) is 15.0. The molecule has 0 amide bonds. The van der Waals surface area contributed by atoms with Gasteiger partial charge in [-0.05, 0) is 18.6 Å². The van der Waals surface area contributed by atoms with E-state index in [1.165, 1.54) is 11.5 Å². The Labute approximate surface area is 91.5 Å². The Morgan fingerprint density at radius 2 is 2.47 bits per heavy atom. The molecule has 0 aliphatic carbocycles. The molecular weight excluding hydrogens is 212 g/mol. The van der Waals surface area contributed by atoms with Gasteiger partial charge in [0.25, 0.3) is 0 Å². The van der Waals surface area contributed by atoms with Gasteiger partial charge in [0.05, 0.1) is 22.8 Å². The van der Waals surface area contributed by atoms with Crippen LogP contribution in [0, 0.1) is 0 Å². The number of likely N-dealkylation sites (N-methyl/N-ethyl adjacent to an activating group) is 1. The highest BCUT2D eigenvalue weighted by Gasteiger charge is 2.14. The van der Waals surface area contributed by atoms with Gasteiger partial charge >= 0.3 is 0 Å². The van der Waals surface area contributed by atoms with Crippen molar-refractivity contribution in [2.75, 3.05) is 7.05 Å². The average Bonchev–Trinajstić information content (AvgIpc) is 2.85. The standard InChI is InChI=1S/C8H12N6S/c1-9-7(8-4-10-13-15-8)3-6-5-14(2)12-11-6/h4-5,7,9H,3H2,1-2H3. The number of hydrogen-bond donors (Lipinski definition) is 1. The largest absolute Gasteiger partial charge is 0.312 e. The van der Waals surface area contributed by atoms with Gasteiger partial charge < -0.3 is 5.32 Å². The van der Waals surface area contributed by atoms with Crippen LogP contribution in [-0.2, 0) is 13.5 Å². The molecule has 1 atom stereocenters. The maximum atomic E-state index is 4.05. The minimum absolute atomic E-state index is 0.210. The second-order valence-electron chi connectivity index (χ2n) is 3.25. The molecule has 0 spiro atoms. The molecule has 15 heavy (non-hydrogen) atoms. The van der Waals surface area contributed by atoms with Crippen LogP contribution < -0.4 is 5.32 Å². The molecule has 0 aliphatic heterocycles. The number of hydrogen-bond acceptors (Lipinski definition) is 6. The lowest BCUT2D eigenvalue weighted by Gasteiger charge is -2.10. The van der Waals surface area contributed by atoms with Crippen LogP contribution in [-0.4, -0.2) is 31.6 Å². The third kappa shape index (κ3) is 2.37. The predicted octanol–water partition coefficient (Wildman–Crippen LogP) is 0.170. The number of nitrogens with zero attached hydrogens (tertiary/aromatic N) is 5. The summed E-state index contributed by atoms with van der Waals surface area (Å²) in [6, 6.07) is 0.210. The minimum Gasteiger partial charge on any atom is -0.312 e. The van der Waals surface area contributed by atoms with Crippen molar-refractivity contribution in [2.45, 2.75) is 12.5 Å². The van der Waals surface area contributed by atoms with E-state index in [-0.39, 0.29) is 6.04 Å². The number of rotatable bonds is 4. The maximum absolute atomic E-state index is 4.05. The number of nitrogens with one attached hydrogen (secondary N) is 1. The first-order valence-electron chi connectivity index (χ1n) is 4.59. The van der Waals surface area contributed by atoms with Gasteiger partial charge in [0.15, 0.2) is 0 Å². The summed E-state index contributed by atoms with van der Waals surface area (Å²) in [7, 11) is 3.78. The van der Waals surface area contributed by atoms with Crippen molar-refractivity contribution in [1.29, 1.82) is 0 Å². The lowest BCUT2D eigenvalue weighted by Crippen LogP contribution is -2.17. The summed E-state index contributed by atoms with van der Waals surface area (Å²) < 4.78 is 5.55. The Bertz CT molecular complexity index is 408. The normalized spacial score (nSPS) is 12.9. The molecule has 7 heteroatoms. The molecule has 1 N–H and O–H groups in total. The summed E-state index contributed by atoms with van der Waals surface area (Å²) >= 11 is 1.40. The van der Waals surface area contributed by atoms with Crippen LogP contribution >= 0.6 is 11.5 Å². The molecule has 0 saturated heterocycles. The van der Waals surface area contributed by atoms with Crippen LogP contribution in [0.2, 0.25) is 0 Å². The molecule has 0 fully saturated rings. The third-order valence-corrected chi connectivity index (χ3v) is 2.91. The van der Waals surface area contributed by atoms with Gasteiger partial charge in [-0.3, -0.25) is 4.68 Å². The van der Waals surface area contributed by atoms with Gasteiger partial charge in [-0.15, -0.1) is 10.2 Å². The van der Waals surface area contributed by atoms with Crippen molar-refractivity contribution in [1.82, 2.24) is 29.9 Å². The number of aromatic nitrogens is 5. The second kappa shape index (κ2) is 4.45. The molecule has 0 aromatic carbocycles. The summed E-state index contributed by atoms with van der Waals surface area (Å²) in [6.07, 6.45) is 4.50. The second-order valence-corrected chi connectivity index (χ2v) is 4.07. The highest BCUT2D eigenvalue weighted by Crippen LogP contribution is 2.18. The van der Waals surface area contributed by atoms with E-state index in [0.29, 0.717) is 0 Å². The zero-order valence-electron chi connectivity index (χ0n) is 8.58. The minimum atomic E-state index is 0.210. The van der Waals surface area contributed by atoms with Crippen LogP contribution in [0.25, 0.3) is 0 Å². The summed E-state index contributed by atoms with van der Waals surface area (Å²) in [5.41, 5.74) is 0.963. The highest BCUT2D eigenvalue weighted by molar-refractivity contribution is 7.05. The quantitative estimate of drug-likeness (QED) is 0.801. The molecule has 80 valence electrons. The van der Waals surface area contributed by atoms with Gasteiger partial charge in [0.2, 0.25) is 0 Å². The third-order valence-electron chi connectivity index (χ3n) is 2.13. The zero-order valence-corrected chi connectivity index (χ0v) is 9.40. The molecule has 0 radical (unpaired) electrons. The Morgan fingerprint density at radius 3 is 3.00 bits per heavy atom. The van der Waals surface area contributed by atoms with Gasteiger partial charge in [-0.25, -0.2) is 0 Å². The Balaban J connectivity index is 2.09. The van der Waals surface area contributed by atoms with E-state index < -0.39 is 0 Å². The van der Waals surface area contributed by atoms with Gasteiger partial charge in [-0.1, -0.05) is 9.70 Å². The lowest BCUT2D eigenvalue weighted by molar-refractivity contribution is 0.592. The fourth-order valence-electron chi connectivity index (χ4n) is 1.37. The molecule has 2 aromatic rings. The van der Waals surface area contributed by atoms with E-state index in [0.717, 1.165) is 17.0 Å². The van der Waals surface area contributed by atoms with E-state index in [1.54, 1.807) is 10.9 Å². The summed E-state index contributed by atoms with van der Waals surface area (Å²) in [6.45, 7) is 0. The summed E-state index contributed by atoms with van der Waals surface area (Å²) in [5.74, 6) is 0. The van der Waals surface area contributed by atoms with Crippen LogP contribution in [0.15, 0.2) is 12.4 Å². The molecule has 2 aromatic heterocycles. The highest BCUT2D eigenvalue weighted by atomic mass is 32.1.